The number of carbonyl (C=O) groups excluding carboxylic acids is 1. The van der Waals surface area contributed by atoms with E-state index in [0.717, 1.165) is 11.3 Å². The molecule has 3 N–H and O–H groups in total. The number of nitrogens with zero attached hydrogens (tertiary/aromatic N) is 2. The second-order valence-electron chi connectivity index (χ2n) is 3.94. The molecule has 90 valence electrons. The highest BCUT2D eigenvalue weighted by molar-refractivity contribution is 5.79. The molecule has 0 fully saturated rings. The fraction of sp³-hybridized carbons (Fsp3) is 0.636. The van der Waals surface area contributed by atoms with Crippen molar-refractivity contribution in [2.75, 3.05) is 13.1 Å². The van der Waals surface area contributed by atoms with Crippen LogP contribution in [0.5, 0.6) is 0 Å². The summed E-state index contributed by atoms with van der Waals surface area (Å²) in [5.74, 6) is -0.142. The van der Waals surface area contributed by atoms with Gasteiger partial charge in [-0.2, -0.15) is 5.10 Å². The largest absolute Gasteiger partial charge is 0.356 e. The Balaban J connectivity index is 2.70. The number of hydrogen-bond acceptors (Lipinski definition) is 3. The Bertz CT molecular complexity index is 359. The molecule has 0 saturated heterocycles. The molecular formula is C11H20N4O. The maximum atomic E-state index is 11.7. The van der Waals surface area contributed by atoms with Gasteiger partial charge in [-0.3, -0.25) is 9.48 Å². The minimum Gasteiger partial charge on any atom is -0.356 e. The van der Waals surface area contributed by atoms with Crippen LogP contribution in [0.15, 0.2) is 6.20 Å². The molecule has 0 aromatic carbocycles. The second-order valence-corrected chi connectivity index (χ2v) is 3.94. The Morgan fingerprint density at radius 3 is 2.81 bits per heavy atom. The van der Waals surface area contributed by atoms with E-state index in [4.69, 9.17) is 5.73 Å². The van der Waals surface area contributed by atoms with Crippen molar-refractivity contribution in [3.8, 4) is 0 Å². The minimum absolute atomic E-state index is 0.0215. The normalized spacial score (nSPS) is 12.5. The summed E-state index contributed by atoms with van der Waals surface area (Å²) in [5, 5.41) is 7.04. The van der Waals surface area contributed by atoms with E-state index in [0.29, 0.717) is 19.5 Å². The molecule has 0 saturated carbocycles. The van der Waals surface area contributed by atoms with Crippen LogP contribution in [0, 0.1) is 12.8 Å². The number of carbonyl (C=O) groups is 1. The highest BCUT2D eigenvalue weighted by Gasteiger charge is 2.18. The zero-order chi connectivity index (χ0) is 12.1. The molecule has 0 aliphatic carbocycles. The van der Waals surface area contributed by atoms with Gasteiger partial charge in [-0.15, -0.1) is 0 Å². The van der Waals surface area contributed by atoms with Crippen molar-refractivity contribution in [2.24, 2.45) is 18.7 Å². The molecule has 1 unspecified atom stereocenters. The molecule has 0 aliphatic rings. The lowest BCUT2D eigenvalue weighted by molar-refractivity contribution is -0.124. The van der Waals surface area contributed by atoms with Crippen LogP contribution >= 0.6 is 0 Å². The lowest BCUT2D eigenvalue weighted by Gasteiger charge is -2.13. The average molecular weight is 224 g/mol. The van der Waals surface area contributed by atoms with Gasteiger partial charge in [0.25, 0.3) is 0 Å². The first-order chi connectivity index (χ1) is 7.58. The van der Waals surface area contributed by atoms with Crippen LogP contribution < -0.4 is 11.1 Å². The van der Waals surface area contributed by atoms with Crippen LogP contribution in [0.2, 0.25) is 0 Å². The first-order valence-corrected chi connectivity index (χ1v) is 5.55. The third-order valence-corrected chi connectivity index (χ3v) is 2.59. The fourth-order valence-corrected chi connectivity index (χ4v) is 1.72. The molecule has 1 atom stereocenters. The maximum absolute atomic E-state index is 11.7. The van der Waals surface area contributed by atoms with E-state index in [2.05, 4.69) is 10.4 Å². The van der Waals surface area contributed by atoms with Gasteiger partial charge in [0.2, 0.25) is 5.91 Å². The van der Waals surface area contributed by atoms with Gasteiger partial charge >= 0.3 is 0 Å². The summed E-state index contributed by atoms with van der Waals surface area (Å²) in [7, 11) is 1.88. The number of nitrogens with one attached hydrogen (secondary N) is 1. The number of aryl methyl sites for hydroxylation is 2. The molecule has 1 amide bonds. The standard InChI is InChI=1S/C11H20N4O/c1-4-13-11(16)9(6-12)5-10-7-15(3)14-8(10)2/h7,9H,4-6,12H2,1-3H3,(H,13,16). The van der Waals surface area contributed by atoms with Crippen LogP contribution in [-0.2, 0) is 18.3 Å². The van der Waals surface area contributed by atoms with Crippen LogP contribution in [0.3, 0.4) is 0 Å². The maximum Gasteiger partial charge on any atom is 0.224 e. The average Bonchev–Trinajstić information content (AvgIpc) is 2.54. The molecule has 5 heteroatoms. The smallest absolute Gasteiger partial charge is 0.224 e. The molecule has 1 heterocycles. The molecule has 0 aliphatic heterocycles. The highest BCUT2D eigenvalue weighted by atomic mass is 16.1. The molecular weight excluding hydrogens is 204 g/mol. The molecule has 5 nitrogen and oxygen atoms in total. The summed E-state index contributed by atoms with van der Waals surface area (Å²) in [6.45, 7) is 4.85. The van der Waals surface area contributed by atoms with Crippen LogP contribution in [0.4, 0.5) is 0 Å². The SMILES string of the molecule is CCNC(=O)C(CN)Cc1cn(C)nc1C. The fourth-order valence-electron chi connectivity index (χ4n) is 1.72. The van der Waals surface area contributed by atoms with E-state index in [9.17, 15) is 4.79 Å². The van der Waals surface area contributed by atoms with Crippen molar-refractivity contribution >= 4 is 5.91 Å². The number of nitrogens with two attached hydrogens (primary N) is 1. The van der Waals surface area contributed by atoms with Crippen LogP contribution in [0.25, 0.3) is 0 Å². The zero-order valence-corrected chi connectivity index (χ0v) is 10.2. The van der Waals surface area contributed by atoms with Crippen molar-refractivity contribution in [1.82, 2.24) is 15.1 Å². The lowest BCUT2D eigenvalue weighted by atomic mass is 9.99. The van der Waals surface area contributed by atoms with Crippen molar-refractivity contribution in [2.45, 2.75) is 20.3 Å². The van der Waals surface area contributed by atoms with E-state index in [1.165, 1.54) is 0 Å². The van der Waals surface area contributed by atoms with E-state index in [-0.39, 0.29) is 11.8 Å². The van der Waals surface area contributed by atoms with Gasteiger partial charge < -0.3 is 11.1 Å². The summed E-state index contributed by atoms with van der Waals surface area (Å²) >= 11 is 0. The van der Waals surface area contributed by atoms with Gasteiger partial charge in [0.05, 0.1) is 11.6 Å². The van der Waals surface area contributed by atoms with Gasteiger partial charge in [-0.05, 0) is 25.8 Å². The third kappa shape index (κ3) is 3.06. The predicted molar refractivity (Wildman–Crippen MR) is 62.9 cm³/mol. The van der Waals surface area contributed by atoms with Crippen molar-refractivity contribution in [1.29, 1.82) is 0 Å². The van der Waals surface area contributed by atoms with Gasteiger partial charge in [0.1, 0.15) is 0 Å². The van der Waals surface area contributed by atoms with Gasteiger partial charge in [0, 0.05) is 26.3 Å². The molecule has 1 aromatic rings. The van der Waals surface area contributed by atoms with E-state index >= 15 is 0 Å². The summed E-state index contributed by atoms with van der Waals surface area (Å²) in [6, 6.07) is 0. The first-order valence-electron chi connectivity index (χ1n) is 5.55. The number of aromatic nitrogens is 2. The quantitative estimate of drug-likeness (QED) is 0.738. The Hall–Kier alpha value is -1.36. The van der Waals surface area contributed by atoms with E-state index in [1.807, 2.05) is 27.1 Å². The van der Waals surface area contributed by atoms with Crippen molar-refractivity contribution in [3.05, 3.63) is 17.5 Å². The molecule has 16 heavy (non-hydrogen) atoms. The Morgan fingerprint density at radius 1 is 1.69 bits per heavy atom. The third-order valence-electron chi connectivity index (χ3n) is 2.59. The molecule has 0 radical (unpaired) electrons. The molecule has 1 aromatic heterocycles. The minimum atomic E-state index is -0.164. The number of rotatable bonds is 5. The van der Waals surface area contributed by atoms with Gasteiger partial charge in [-0.1, -0.05) is 0 Å². The topological polar surface area (TPSA) is 72.9 Å². The van der Waals surface area contributed by atoms with E-state index in [1.54, 1.807) is 4.68 Å². The lowest BCUT2D eigenvalue weighted by Crippen LogP contribution is -2.36. The first kappa shape index (κ1) is 12.7. The monoisotopic (exact) mass is 224 g/mol. The van der Waals surface area contributed by atoms with Gasteiger partial charge in [-0.25, -0.2) is 0 Å². The number of hydrogen-bond donors (Lipinski definition) is 2. The highest BCUT2D eigenvalue weighted by Crippen LogP contribution is 2.11. The molecule has 1 rings (SSSR count). The Labute approximate surface area is 96.0 Å². The Kier molecular flexibility index (Phi) is 4.49. The van der Waals surface area contributed by atoms with Crippen molar-refractivity contribution in [3.63, 3.8) is 0 Å². The summed E-state index contributed by atoms with van der Waals surface area (Å²) < 4.78 is 1.76. The van der Waals surface area contributed by atoms with Crippen LogP contribution in [0.1, 0.15) is 18.2 Å². The van der Waals surface area contributed by atoms with Gasteiger partial charge in [0.15, 0.2) is 0 Å². The van der Waals surface area contributed by atoms with Crippen molar-refractivity contribution < 1.29 is 4.79 Å². The Morgan fingerprint density at radius 2 is 2.38 bits per heavy atom. The second kappa shape index (κ2) is 5.65. The summed E-state index contributed by atoms with van der Waals surface area (Å²) in [5.41, 5.74) is 7.67. The van der Waals surface area contributed by atoms with Crippen LogP contribution in [-0.4, -0.2) is 28.8 Å². The zero-order valence-electron chi connectivity index (χ0n) is 10.2. The van der Waals surface area contributed by atoms with E-state index < -0.39 is 0 Å². The summed E-state index contributed by atoms with van der Waals surface area (Å²) in [6.07, 6.45) is 2.60. The molecule has 0 spiro atoms. The predicted octanol–water partition coefficient (Wildman–Crippen LogP) is -0.0180. The summed E-state index contributed by atoms with van der Waals surface area (Å²) in [4.78, 5) is 11.7. The number of amides is 1. The molecule has 0 bridgehead atoms.